The Morgan fingerprint density at radius 2 is 0.803 bits per heavy atom. The van der Waals surface area contributed by atoms with Gasteiger partial charge in [-0.2, -0.15) is 0 Å². The van der Waals surface area contributed by atoms with Crippen LogP contribution < -0.4 is 0 Å². The molecule has 0 amide bonds. The molecule has 8 heteroatoms. The van der Waals surface area contributed by atoms with Gasteiger partial charge in [0, 0.05) is 19.3 Å². The first-order valence-electron chi connectivity index (χ1n) is 24.5. The van der Waals surface area contributed by atoms with Crippen molar-refractivity contribution in [3.8, 4) is 0 Å². The highest BCUT2D eigenvalue weighted by Gasteiger charge is 2.31. The summed E-state index contributed by atoms with van der Waals surface area (Å²) in [5.41, 5.74) is 0. The van der Waals surface area contributed by atoms with Crippen LogP contribution in [0.5, 0.6) is 0 Å². The molecule has 0 aliphatic carbocycles. The maximum absolute atomic E-state index is 12.7. The molecule has 0 radical (unpaired) electrons. The number of carboxylic acids is 1. The number of carboxylic acid groups (broad SMARTS) is 1. The van der Waals surface area contributed by atoms with E-state index >= 15 is 0 Å². The van der Waals surface area contributed by atoms with E-state index in [1.54, 1.807) is 0 Å². The van der Waals surface area contributed by atoms with Crippen LogP contribution in [0.4, 0.5) is 0 Å². The van der Waals surface area contributed by atoms with Gasteiger partial charge in [-0.05, 0) is 103 Å². The predicted octanol–water partition coefficient (Wildman–Crippen LogP) is 14.3. The number of nitrogens with zero attached hydrogens (tertiary/aromatic N) is 1. The normalized spacial score (nSPS) is 14.3. The molecule has 8 nitrogen and oxygen atoms in total. The fraction of sp³-hybridized carbons (Fsp3) is 0.500. The van der Waals surface area contributed by atoms with Gasteiger partial charge < -0.3 is 23.8 Å². The quantitative estimate of drug-likeness (QED) is 0.0282. The van der Waals surface area contributed by atoms with E-state index in [2.05, 4.69) is 160 Å². The fourth-order valence-electron chi connectivity index (χ4n) is 5.99. The van der Waals surface area contributed by atoms with Crippen molar-refractivity contribution in [3.05, 3.63) is 158 Å². The zero-order chi connectivity index (χ0) is 48.4. The first kappa shape index (κ1) is 60.9. The Labute approximate surface area is 401 Å². The van der Waals surface area contributed by atoms with Crippen molar-refractivity contribution in [2.75, 3.05) is 41.0 Å². The maximum atomic E-state index is 12.7. The van der Waals surface area contributed by atoms with Gasteiger partial charge >= 0.3 is 17.9 Å². The summed E-state index contributed by atoms with van der Waals surface area (Å²) in [6.07, 6.45) is 70.3. The summed E-state index contributed by atoms with van der Waals surface area (Å²) in [5, 5.41) is 9.64. The highest BCUT2D eigenvalue weighted by Crippen LogP contribution is 2.10. The number of esters is 2. The van der Waals surface area contributed by atoms with Crippen molar-refractivity contribution in [3.63, 3.8) is 0 Å². The molecule has 0 rings (SSSR count). The van der Waals surface area contributed by atoms with Crippen molar-refractivity contribution in [1.82, 2.24) is 0 Å². The Balaban J connectivity index is 4.54. The van der Waals surface area contributed by atoms with E-state index in [0.29, 0.717) is 12.8 Å². The number of carbonyl (C=O) groups excluding carboxylic acids is 2. The smallest absolute Gasteiger partial charge is 0.362 e. The maximum Gasteiger partial charge on any atom is 0.362 e. The summed E-state index contributed by atoms with van der Waals surface area (Å²) in [4.78, 5) is 37.1. The van der Waals surface area contributed by atoms with Crippen LogP contribution in [0.3, 0.4) is 0 Å². The van der Waals surface area contributed by atoms with Gasteiger partial charge in [-0.15, -0.1) is 0 Å². The van der Waals surface area contributed by atoms with E-state index in [-0.39, 0.29) is 49.5 Å². The molecule has 2 atom stereocenters. The van der Waals surface area contributed by atoms with Crippen molar-refractivity contribution in [2.45, 2.75) is 148 Å². The molecule has 0 aromatic carbocycles. The monoisotopic (exact) mass is 911 g/mol. The largest absolute Gasteiger partial charge is 0.477 e. The number of allylic oxidation sites excluding steroid dienone is 26. The predicted molar refractivity (Wildman–Crippen MR) is 279 cm³/mol. The summed E-state index contributed by atoms with van der Waals surface area (Å²) >= 11 is 0. The highest BCUT2D eigenvalue weighted by atomic mass is 16.6. The molecule has 0 aliphatic heterocycles. The summed E-state index contributed by atoms with van der Waals surface area (Å²) in [6, 6.07) is -0.648. The van der Waals surface area contributed by atoms with E-state index in [4.69, 9.17) is 14.2 Å². The molecule has 0 saturated heterocycles. The average Bonchev–Trinajstić information content (AvgIpc) is 3.28. The van der Waals surface area contributed by atoms with Gasteiger partial charge in [0.1, 0.15) is 6.61 Å². The molecule has 0 bridgehead atoms. The van der Waals surface area contributed by atoms with Crippen molar-refractivity contribution in [1.29, 1.82) is 0 Å². The summed E-state index contributed by atoms with van der Waals surface area (Å²) in [5.74, 6) is -1.68. The second-order valence-corrected chi connectivity index (χ2v) is 16.6. The zero-order valence-electron chi connectivity index (χ0n) is 41.6. The third kappa shape index (κ3) is 44.2. The Morgan fingerprint density at radius 1 is 0.455 bits per heavy atom. The molecule has 66 heavy (non-hydrogen) atoms. The van der Waals surface area contributed by atoms with E-state index < -0.39 is 24.1 Å². The Bertz CT molecular complexity index is 1620. The van der Waals surface area contributed by atoms with Crippen LogP contribution in [-0.4, -0.2) is 80.6 Å². The summed E-state index contributed by atoms with van der Waals surface area (Å²) < 4.78 is 17.2. The number of quaternary nitrogens is 1. The molecule has 0 saturated carbocycles. The second-order valence-electron chi connectivity index (χ2n) is 16.6. The lowest BCUT2D eigenvalue weighted by Crippen LogP contribution is -2.50. The Hall–Kier alpha value is -5.05. The van der Waals surface area contributed by atoms with Gasteiger partial charge in [-0.3, -0.25) is 9.59 Å². The van der Waals surface area contributed by atoms with Gasteiger partial charge in [-0.25, -0.2) is 4.79 Å². The topological polar surface area (TPSA) is 99.1 Å². The number of hydrogen-bond donors (Lipinski definition) is 1. The molecule has 0 heterocycles. The molecule has 1 N–H and O–H groups in total. The van der Waals surface area contributed by atoms with E-state index in [1.165, 1.54) is 0 Å². The number of rotatable bonds is 41. The van der Waals surface area contributed by atoms with Crippen LogP contribution >= 0.6 is 0 Å². The molecule has 0 aromatic rings. The number of ether oxygens (including phenoxy) is 3. The lowest BCUT2D eigenvalue weighted by molar-refractivity contribution is -0.887. The number of hydrogen-bond acceptors (Lipinski definition) is 6. The zero-order valence-corrected chi connectivity index (χ0v) is 41.6. The standard InChI is InChI=1S/C58H87NO7/c1-6-8-10-12-14-16-18-20-22-24-26-27-28-29-31-32-34-36-38-40-42-44-46-48-56(60)65-53-54(52-64-51-50-55(58(62)63)59(3,4)5)66-57(61)49-47-45-43-41-39-37-35-33-30-25-23-21-19-17-15-13-11-9-7-2/h8-11,14-17,20-23,26-27,29-31,33-34,36-37,39-40,42-43,45,54-55H,6-7,12-13,18-19,24-25,28,32,35,38,41,44,46-53H2,1-5H3/p+1/b10-8+,11-9+,16-14+,17-15+,22-20+,23-21+,27-26+,31-29+,33-30+,36-34+,39-37+,42-40+,45-43+. The van der Waals surface area contributed by atoms with E-state index in [1.807, 2.05) is 33.3 Å². The van der Waals surface area contributed by atoms with Crippen molar-refractivity contribution in [2.24, 2.45) is 0 Å². The van der Waals surface area contributed by atoms with Gasteiger partial charge in [0.2, 0.25) is 0 Å². The lowest BCUT2D eigenvalue weighted by Gasteiger charge is -2.31. The first-order chi connectivity index (χ1) is 32.1. The van der Waals surface area contributed by atoms with Crippen LogP contribution in [0.2, 0.25) is 0 Å². The summed E-state index contributed by atoms with van der Waals surface area (Å²) in [6.45, 7) is 4.33. The minimum atomic E-state index is -0.902. The van der Waals surface area contributed by atoms with Crippen molar-refractivity contribution < 1.29 is 38.2 Å². The molecule has 0 fully saturated rings. The fourth-order valence-corrected chi connectivity index (χ4v) is 5.99. The third-order valence-corrected chi connectivity index (χ3v) is 9.69. The van der Waals surface area contributed by atoms with Crippen LogP contribution in [0, 0.1) is 0 Å². The second kappa shape index (κ2) is 46.5. The van der Waals surface area contributed by atoms with Gasteiger partial charge in [0.15, 0.2) is 12.1 Å². The van der Waals surface area contributed by atoms with E-state index in [0.717, 1.165) is 89.9 Å². The van der Waals surface area contributed by atoms with Gasteiger partial charge in [0.05, 0.1) is 34.4 Å². The number of likely N-dealkylation sites (N-methyl/N-ethyl adjacent to an activating group) is 1. The minimum Gasteiger partial charge on any atom is -0.477 e. The average molecular weight is 911 g/mol. The summed E-state index contributed by atoms with van der Waals surface area (Å²) in [7, 11) is 5.47. The molecule has 0 aliphatic rings. The van der Waals surface area contributed by atoms with Gasteiger partial charge in [0.25, 0.3) is 0 Å². The van der Waals surface area contributed by atoms with Crippen LogP contribution in [0.15, 0.2) is 158 Å². The Morgan fingerprint density at radius 3 is 1.15 bits per heavy atom. The van der Waals surface area contributed by atoms with E-state index in [9.17, 15) is 19.5 Å². The van der Waals surface area contributed by atoms with Crippen LogP contribution in [0.1, 0.15) is 136 Å². The van der Waals surface area contributed by atoms with Crippen LogP contribution in [-0.2, 0) is 28.6 Å². The van der Waals surface area contributed by atoms with Crippen LogP contribution in [0.25, 0.3) is 0 Å². The number of unbranched alkanes of at least 4 members (excludes halogenated alkanes) is 1. The molecule has 0 aromatic heterocycles. The lowest BCUT2D eigenvalue weighted by atomic mass is 10.1. The first-order valence-corrected chi connectivity index (χ1v) is 24.5. The molecule has 2 unspecified atom stereocenters. The molecular formula is C58H88NO7+. The molecule has 0 spiro atoms. The number of aliphatic carboxylic acids is 1. The van der Waals surface area contributed by atoms with Crippen molar-refractivity contribution >= 4 is 17.9 Å². The third-order valence-electron chi connectivity index (χ3n) is 9.69. The molecule has 366 valence electrons. The SMILES string of the molecule is CC/C=C/C/C=C/C/C=C/C/C=C/C/C=C/C/C=C/C/C=C/CCCC(=O)OCC(COCCC(C(=O)O)[N+](C)(C)C)OC(=O)CC/C=C/C/C=C/C/C=C/C/C=C/C/C=C/C/C=C/CC. The molecular weight excluding hydrogens is 823 g/mol. The Kier molecular flexibility index (Phi) is 42.9. The highest BCUT2D eigenvalue weighted by molar-refractivity contribution is 5.72. The number of carbonyl (C=O) groups is 3. The van der Waals surface area contributed by atoms with Gasteiger partial charge in [-0.1, -0.05) is 172 Å². The minimum absolute atomic E-state index is 0.000250.